The molecule has 0 amide bonds. The van der Waals surface area contributed by atoms with Crippen molar-refractivity contribution in [2.45, 2.75) is 57.0 Å². The average Bonchev–Trinajstić information content (AvgIpc) is 2.85. The van der Waals surface area contributed by atoms with Gasteiger partial charge < -0.3 is 10.1 Å². The first kappa shape index (κ1) is 11.4. The van der Waals surface area contributed by atoms with E-state index in [2.05, 4.69) is 5.32 Å². The molecule has 2 saturated carbocycles. The second-order valence-electron chi connectivity index (χ2n) is 5.38. The second-order valence-corrected chi connectivity index (χ2v) is 5.38. The molecule has 2 nitrogen and oxygen atoms in total. The molecule has 0 aromatic carbocycles. The Labute approximate surface area is 93.8 Å². The van der Waals surface area contributed by atoms with Gasteiger partial charge in [-0.25, -0.2) is 0 Å². The maximum atomic E-state index is 6.25. The minimum atomic E-state index is 0.192. The normalized spacial score (nSPS) is 26.2. The first-order valence-corrected chi connectivity index (χ1v) is 6.63. The topological polar surface area (TPSA) is 21.3 Å². The van der Waals surface area contributed by atoms with Crippen LogP contribution in [0.15, 0.2) is 0 Å². The summed E-state index contributed by atoms with van der Waals surface area (Å²) in [5.74, 6) is 0.860. The highest BCUT2D eigenvalue weighted by Gasteiger charge is 2.34. The highest BCUT2D eigenvalue weighted by atomic mass is 16.5. The first-order chi connectivity index (χ1) is 7.35. The van der Waals surface area contributed by atoms with Crippen LogP contribution in [-0.4, -0.2) is 25.8 Å². The zero-order chi connectivity index (χ0) is 10.6. The third-order valence-corrected chi connectivity index (χ3v) is 4.11. The van der Waals surface area contributed by atoms with E-state index in [-0.39, 0.29) is 5.60 Å². The quantitative estimate of drug-likeness (QED) is 0.755. The molecule has 2 heteroatoms. The predicted molar refractivity (Wildman–Crippen MR) is 63.0 cm³/mol. The number of ether oxygens (including phenoxy) is 1. The van der Waals surface area contributed by atoms with Crippen molar-refractivity contribution in [1.82, 2.24) is 5.32 Å². The predicted octanol–water partition coefficient (Wildman–Crippen LogP) is 2.73. The summed E-state index contributed by atoms with van der Waals surface area (Å²) in [7, 11) is 2.04. The van der Waals surface area contributed by atoms with Crippen LogP contribution in [-0.2, 0) is 4.74 Å². The maximum Gasteiger partial charge on any atom is 0.0806 e. The fourth-order valence-corrected chi connectivity index (χ4v) is 3.19. The van der Waals surface area contributed by atoms with Crippen LogP contribution in [0.1, 0.15) is 51.4 Å². The number of hydrogen-bond acceptors (Lipinski definition) is 2. The van der Waals surface area contributed by atoms with Crippen molar-refractivity contribution in [3.63, 3.8) is 0 Å². The lowest BCUT2D eigenvalue weighted by molar-refractivity contribution is -0.0532. The van der Waals surface area contributed by atoms with Gasteiger partial charge in [0.1, 0.15) is 0 Å². The molecule has 0 bridgehead atoms. The summed E-state index contributed by atoms with van der Waals surface area (Å²) in [6, 6.07) is 0. The molecule has 2 aliphatic carbocycles. The van der Waals surface area contributed by atoms with Crippen LogP contribution >= 0.6 is 0 Å². The van der Waals surface area contributed by atoms with Gasteiger partial charge in [0.05, 0.1) is 12.2 Å². The van der Waals surface area contributed by atoms with Gasteiger partial charge >= 0.3 is 0 Å². The lowest BCUT2D eigenvalue weighted by Gasteiger charge is -2.30. The fourth-order valence-electron chi connectivity index (χ4n) is 3.19. The van der Waals surface area contributed by atoms with E-state index in [0.29, 0.717) is 0 Å². The molecular weight excluding hydrogens is 186 g/mol. The third kappa shape index (κ3) is 2.94. The van der Waals surface area contributed by atoms with Crippen LogP contribution in [0.25, 0.3) is 0 Å². The molecule has 0 saturated heterocycles. The highest BCUT2D eigenvalue weighted by Crippen LogP contribution is 2.34. The fraction of sp³-hybridized carbons (Fsp3) is 1.00. The summed E-state index contributed by atoms with van der Waals surface area (Å²) in [5.41, 5.74) is 0.192. The van der Waals surface area contributed by atoms with Crippen molar-refractivity contribution in [3.8, 4) is 0 Å². The van der Waals surface area contributed by atoms with Gasteiger partial charge in [-0.3, -0.25) is 0 Å². The van der Waals surface area contributed by atoms with Gasteiger partial charge in [0.15, 0.2) is 0 Å². The van der Waals surface area contributed by atoms with Crippen molar-refractivity contribution in [3.05, 3.63) is 0 Å². The summed E-state index contributed by atoms with van der Waals surface area (Å²) < 4.78 is 6.25. The lowest BCUT2D eigenvalue weighted by Crippen LogP contribution is -2.40. The van der Waals surface area contributed by atoms with E-state index in [4.69, 9.17) is 4.74 Å². The molecule has 0 unspecified atom stereocenters. The number of hydrogen-bond donors (Lipinski definition) is 1. The zero-order valence-corrected chi connectivity index (χ0v) is 10.1. The molecular formula is C13H25NO. The van der Waals surface area contributed by atoms with Gasteiger partial charge in [-0.05, 0) is 38.6 Å². The van der Waals surface area contributed by atoms with Gasteiger partial charge in [-0.15, -0.1) is 0 Å². The van der Waals surface area contributed by atoms with Gasteiger partial charge in [0.25, 0.3) is 0 Å². The van der Waals surface area contributed by atoms with E-state index >= 15 is 0 Å². The maximum absolute atomic E-state index is 6.25. The van der Waals surface area contributed by atoms with Gasteiger partial charge in [0.2, 0.25) is 0 Å². The van der Waals surface area contributed by atoms with Crippen molar-refractivity contribution < 1.29 is 4.74 Å². The Morgan fingerprint density at radius 1 is 1.13 bits per heavy atom. The molecule has 15 heavy (non-hydrogen) atoms. The van der Waals surface area contributed by atoms with Crippen molar-refractivity contribution in [2.24, 2.45) is 5.92 Å². The zero-order valence-electron chi connectivity index (χ0n) is 10.1. The van der Waals surface area contributed by atoms with Gasteiger partial charge in [-0.2, -0.15) is 0 Å². The Hall–Kier alpha value is -0.0800. The molecule has 88 valence electrons. The Morgan fingerprint density at radius 2 is 1.80 bits per heavy atom. The van der Waals surface area contributed by atoms with Crippen LogP contribution in [0, 0.1) is 5.92 Å². The van der Waals surface area contributed by atoms with E-state index in [9.17, 15) is 0 Å². The third-order valence-electron chi connectivity index (χ3n) is 4.11. The van der Waals surface area contributed by atoms with E-state index in [1.165, 1.54) is 51.4 Å². The summed E-state index contributed by atoms with van der Waals surface area (Å²) in [6.07, 6.45) is 10.9. The van der Waals surface area contributed by atoms with Crippen molar-refractivity contribution in [2.75, 3.05) is 20.2 Å². The van der Waals surface area contributed by atoms with Gasteiger partial charge in [0, 0.05) is 6.54 Å². The van der Waals surface area contributed by atoms with E-state index in [1.54, 1.807) is 0 Å². The number of nitrogens with one attached hydrogen (secondary N) is 1. The van der Waals surface area contributed by atoms with E-state index < -0.39 is 0 Å². The summed E-state index contributed by atoms with van der Waals surface area (Å²) >= 11 is 0. The summed E-state index contributed by atoms with van der Waals surface area (Å²) in [5, 5.41) is 3.30. The molecule has 0 aromatic heterocycles. The number of likely N-dealkylation sites (N-methyl/N-ethyl adjacent to an activating group) is 1. The molecule has 0 aliphatic heterocycles. The Bertz CT molecular complexity index is 181. The Kier molecular flexibility index (Phi) is 4.04. The first-order valence-electron chi connectivity index (χ1n) is 6.63. The van der Waals surface area contributed by atoms with Gasteiger partial charge in [-0.1, -0.05) is 25.7 Å². The molecule has 2 rings (SSSR count). The SMILES string of the molecule is CNCC1(OCC2CCCC2)CCCC1. The Balaban J connectivity index is 1.78. The smallest absolute Gasteiger partial charge is 0.0806 e. The summed E-state index contributed by atoms with van der Waals surface area (Å²) in [6.45, 7) is 2.06. The van der Waals surface area contributed by atoms with E-state index in [0.717, 1.165) is 19.1 Å². The summed E-state index contributed by atoms with van der Waals surface area (Å²) in [4.78, 5) is 0. The minimum Gasteiger partial charge on any atom is -0.373 e. The monoisotopic (exact) mass is 211 g/mol. The largest absolute Gasteiger partial charge is 0.373 e. The molecule has 0 aromatic rings. The Morgan fingerprint density at radius 3 is 2.40 bits per heavy atom. The van der Waals surface area contributed by atoms with Crippen LogP contribution in [0.5, 0.6) is 0 Å². The molecule has 0 atom stereocenters. The number of rotatable bonds is 5. The van der Waals surface area contributed by atoms with Crippen LogP contribution in [0.3, 0.4) is 0 Å². The van der Waals surface area contributed by atoms with Crippen LogP contribution in [0.2, 0.25) is 0 Å². The molecule has 0 radical (unpaired) electrons. The van der Waals surface area contributed by atoms with Crippen LogP contribution < -0.4 is 5.32 Å². The standard InChI is InChI=1S/C13H25NO/c1-14-11-13(8-4-5-9-13)15-10-12-6-2-3-7-12/h12,14H,2-11H2,1H3. The second kappa shape index (κ2) is 5.31. The molecule has 1 N–H and O–H groups in total. The van der Waals surface area contributed by atoms with Crippen molar-refractivity contribution >= 4 is 0 Å². The minimum absolute atomic E-state index is 0.192. The van der Waals surface area contributed by atoms with Crippen molar-refractivity contribution in [1.29, 1.82) is 0 Å². The average molecular weight is 211 g/mol. The molecule has 0 spiro atoms. The van der Waals surface area contributed by atoms with E-state index in [1.807, 2.05) is 7.05 Å². The lowest BCUT2D eigenvalue weighted by atomic mass is 10.0. The molecule has 0 heterocycles. The highest BCUT2D eigenvalue weighted by molar-refractivity contribution is 4.88. The molecule has 2 fully saturated rings. The molecule has 2 aliphatic rings. The van der Waals surface area contributed by atoms with Crippen LogP contribution in [0.4, 0.5) is 0 Å².